The number of hydrogen-bond donors (Lipinski definition) is 2. The van der Waals surface area contributed by atoms with E-state index in [-0.39, 0.29) is 5.54 Å². The number of primary amides is 1. The average Bonchev–Trinajstić information content (AvgIpc) is 2.98. The molecule has 0 spiro atoms. The summed E-state index contributed by atoms with van der Waals surface area (Å²) in [5.41, 5.74) is 7.83. The van der Waals surface area contributed by atoms with E-state index in [1.807, 2.05) is 20.2 Å². The van der Waals surface area contributed by atoms with Crippen LogP contribution >= 0.6 is 0 Å². The fourth-order valence-electron chi connectivity index (χ4n) is 3.03. The summed E-state index contributed by atoms with van der Waals surface area (Å²) in [6, 6.07) is 0. The standard InChI is InChI=1S/C17H20N6O2/c1-8-7-23(4)22-12(8)15-19-14(21-17(3)5-6-17)11-10(13(18)24)9(2)25-16(11)20-15/h7H,5-6H2,1-4H3,(H2,18,24)(H,19,20,21). The normalized spacial score (nSPS) is 15.5. The molecule has 1 aliphatic carbocycles. The molecule has 1 saturated carbocycles. The molecule has 4 rings (SSSR count). The summed E-state index contributed by atoms with van der Waals surface area (Å²) in [7, 11) is 1.85. The zero-order chi connectivity index (χ0) is 17.9. The van der Waals surface area contributed by atoms with Crippen LogP contribution in [0.15, 0.2) is 10.6 Å². The van der Waals surface area contributed by atoms with Crippen LogP contribution in [0.4, 0.5) is 5.82 Å². The molecule has 0 atom stereocenters. The van der Waals surface area contributed by atoms with Crippen LogP contribution in [0, 0.1) is 13.8 Å². The van der Waals surface area contributed by atoms with Crippen LogP contribution in [0.5, 0.6) is 0 Å². The van der Waals surface area contributed by atoms with Crippen LogP contribution < -0.4 is 11.1 Å². The van der Waals surface area contributed by atoms with Crippen LogP contribution in [-0.4, -0.2) is 31.2 Å². The molecule has 1 amide bonds. The lowest BCUT2D eigenvalue weighted by Gasteiger charge is -2.14. The van der Waals surface area contributed by atoms with Gasteiger partial charge >= 0.3 is 0 Å². The van der Waals surface area contributed by atoms with E-state index in [0.29, 0.717) is 39.8 Å². The molecule has 1 aliphatic rings. The minimum atomic E-state index is -0.550. The Kier molecular flexibility index (Phi) is 3.15. The Balaban J connectivity index is 1.98. The molecule has 0 bridgehead atoms. The number of nitrogens with one attached hydrogen (secondary N) is 1. The molecule has 25 heavy (non-hydrogen) atoms. The Labute approximate surface area is 144 Å². The van der Waals surface area contributed by atoms with Gasteiger partial charge in [0.25, 0.3) is 5.91 Å². The maximum atomic E-state index is 11.9. The largest absolute Gasteiger partial charge is 0.442 e. The number of furan rings is 1. The lowest BCUT2D eigenvalue weighted by Crippen LogP contribution is -2.19. The van der Waals surface area contributed by atoms with Gasteiger partial charge in [-0.05, 0) is 39.2 Å². The van der Waals surface area contributed by atoms with Crippen LogP contribution in [0.2, 0.25) is 0 Å². The Morgan fingerprint density at radius 2 is 2.08 bits per heavy atom. The third-order valence-electron chi connectivity index (χ3n) is 4.62. The number of hydrogen-bond acceptors (Lipinski definition) is 6. The predicted octanol–water partition coefficient (Wildman–Crippen LogP) is 2.30. The molecule has 0 radical (unpaired) electrons. The first kappa shape index (κ1) is 15.6. The van der Waals surface area contributed by atoms with Crippen LogP contribution in [0.1, 0.15) is 41.4 Å². The van der Waals surface area contributed by atoms with Crippen LogP contribution in [-0.2, 0) is 7.05 Å². The molecule has 0 unspecified atom stereocenters. The molecule has 0 aliphatic heterocycles. The molecular weight excluding hydrogens is 320 g/mol. The van der Waals surface area contributed by atoms with E-state index >= 15 is 0 Å². The second kappa shape index (κ2) is 5.05. The second-order valence-electron chi connectivity index (χ2n) is 6.99. The highest BCUT2D eigenvalue weighted by atomic mass is 16.3. The molecular formula is C17H20N6O2. The molecule has 3 aromatic rings. The summed E-state index contributed by atoms with van der Waals surface area (Å²) in [5, 5.41) is 8.40. The van der Waals surface area contributed by atoms with Crippen molar-refractivity contribution in [3.05, 3.63) is 23.1 Å². The van der Waals surface area contributed by atoms with Gasteiger partial charge in [-0.3, -0.25) is 9.48 Å². The van der Waals surface area contributed by atoms with Gasteiger partial charge < -0.3 is 15.5 Å². The van der Waals surface area contributed by atoms with E-state index < -0.39 is 5.91 Å². The van der Waals surface area contributed by atoms with Crippen molar-refractivity contribution in [1.82, 2.24) is 19.7 Å². The molecule has 130 valence electrons. The highest BCUT2D eigenvalue weighted by molar-refractivity contribution is 6.09. The van der Waals surface area contributed by atoms with Crippen molar-refractivity contribution in [2.75, 3.05) is 5.32 Å². The van der Waals surface area contributed by atoms with Gasteiger partial charge in [-0.1, -0.05) is 0 Å². The van der Waals surface area contributed by atoms with Crippen LogP contribution in [0.25, 0.3) is 22.6 Å². The van der Waals surface area contributed by atoms with E-state index in [2.05, 4.69) is 27.3 Å². The molecule has 3 heterocycles. The highest BCUT2D eigenvalue weighted by Gasteiger charge is 2.39. The number of anilines is 1. The van der Waals surface area contributed by atoms with Crippen molar-refractivity contribution in [3.8, 4) is 11.5 Å². The summed E-state index contributed by atoms with van der Waals surface area (Å²) >= 11 is 0. The summed E-state index contributed by atoms with van der Waals surface area (Å²) in [4.78, 5) is 21.1. The third-order valence-corrected chi connectivity index (χ3v) is 4.62. The number of carbonyl (C=O) groups excluding carboxylic acids is 1. The van der Waals surface area contributed by atoms with Gasteiger partial charge in [-0.25, -0.2) is 4.98 Å². The van der Waals surface area contributed by atoms with Crippen molar-refractivity contribution in [2.45, 2.75) is 39.2 Å². The number of carbonyl (C=O) groups is 1. The molecule has 1 fully saturated rings. The van der Waals surface area contributed by atoms with Gasteiger partial charge in [0.05, 0.1) is 10.9 Å². The zero-order valence-electron chi connectivity index (χ0n) is 14.7. The van der Waals surface area contributed by atoms with Gasteiger partial charge in [-0.15, -0.1) is 0 Å². The van der Waals surface area contributed by atoms with Crippen LogP contribution in [0.3, 0.4) is 0 Å². The number of amides is 1. The molecule has 0 aromatic carbocycles. The van der Waals surface area contributed by atoms with Gasteiger partial charge in [0, 0.05) is 18.8 Å². The maximum Gasteiger partial charge on any atom is 0.253 e. The monoisotopic (exact) mass is 340 g/mol. The first-order chi connectivity index (χ1) is 11.8. The second-order valence-corrected chi connectivity index (χ2v) is 6.99. The smallest absolute Gasteiger partial charge is 0.253 e. The van der Waals surface area contributed by atoms with Crippen molar-refractivity contribution < 1.29 is 9.21 Å². The number of fused-ring (bicyclic) bond motifs is 1. The topological polar surface area (TPSA) is 112 Å². The lowest BCUT2D eigenvalue weighted by molar-refractivity contribution is 0.1000. The first-order valence-corrected chi connectivity index (χ1v) is 8.17. The summed E-state index contributed by atoms with van der Waals surface area (Å²) in [6.07, 6.45) is 3.98. The summed E-state index contributed by atoms with van der Waals surface area (Å²) < 4.78 is 7.44. The fraction of sp³-hybridized carbons (Fsp3) is 0.412. The lowest BCUT2D eigenvalue weighted by atomic mass is 10.1. The van der Waals surface area contributed by atoms with Crippen molar-refractivity contribution in [3.63, 3.8) is 0 Å². The summed E-state index contributed by atoms with van der Waals surface area (Å²) in [6.45, 7) is 5.77. The Morgan fingerprint density at radius 1 is 1.36 bits per heavy atom. The number of aryl methyl sites for hydroxylation is 3. The minimum Gasteiger partial charge on any atom is -0.442 e. The molecule has 3 N–H and O–H groups in total. The van der Waals surface area contributed by atoms with Crippen molar-refractivity contribution in [1.29, 1.82) is 0 Å². The SMILES string of the molecule is Cc1cn(C)nc1-c1nc(NC2(C)CC2)c2c(C(N)=O)c(C)oc2n1. The molecule has 3 aromatic heterocycles. The number of nitrogens with two attached hydrogens (primary N) is 1. The van der Waals surface area contributed by atoms with Gasteiger partial charge in [-0.2, -0.15) is 10.1 Å². The Hall–Kier alpha value is -2.90. The first-order valence-electron chi connectivity index (χ1n) is 8.17. The number of rotatable bonds is 4. The Bertz CT molecular complexity index is 1010. The number of nitrogens with zero attached hydrogens (tertiary/aromatic N) is 4. The fourth-order valence-corrected chi connectivity index (χ4v) is 3.03. The van der Waals surface area contributed by atoms with E-state index in [1.165, 1.54) is 0 Å². The summed E-state index contributed by atoms with van der Waals surface area (Å²) in [5.74, 6) is 0.916. The van der Waals surface area contributed by atoms with E-state index in [0.717, 1.165) is 18.4 Å². The van der Waals surface area contributed by atoms with Crippen molar-refractivity contribution >= 4 is 22.8 Å². The van der Waals surface area contributed by atoms with Crippen molar-refractivity contribution in [2.24, 2.45) is 12.8 Å². The molecule has 0 saturated heterocycles. The van der Waals surface area contributed by atoms with Gasteiger partial charge in [0.15, 0.2) is 5.82 Å². The predicted molar refractivity (Wildman–Crippen MR) is 93.3 cm³/mol. The zero-order valence-corrected chi connectivity index (χ0v) is 14.7. The Morgan fingerprint density at radius 3 is 2.64 bits per heavy atom. The van der Waals surface area contributed by atoms with E-state index in [4.69, 9.17) is 10.2 Å². The maximum absolute atomic E-state index is 11.9. The molecule has 8 nitrogen and oxygen atoms in total. The minimum absolute atomic E-state index is 0.0300. The quantitative estimate of drug-likeness (QED) is 0.754. The van der Waals surface area contributed by atoms with Gasteiger partial charge in [0.2, 0.25) is 5.71 Å². The third kappa shape index (κ3) is 2.54. The highest BCUT2D eigenvalue weighted by Crippen LogP contribution is 2.41. The van der Waals surface area contributed by atoms with Gasteiger partial charge in [0.1, 0.15) is 17.3 Å². The molecule has 8 heteroatoms. The van der Waals surface area contributed by atoms with E-state index in [1.54, 1.807) is 11.6 Å². The average molecular weight is 340 g/mol. The van der Waals surface area contributed by atoms with E-state index in [9.17, 15) is 4.79 Å². The number of aromatic nitrogens is 4.